The van der Waals surface area contributed by atoms with Gasteiger partial charge in [-0.3, -0.25) is 53.9 Å². The molecule has 7 aromatic rings. The number of amides is 6. The molecule has 40 heteroatoms. The number of nitrogens with two attached hydrogens (primary N) is 1. The molecule has 4 aromatic heterocycles. The number of carboxylic acid groups (broad SMARTS) is 1. The van der Waals surface area contributed by atoms with E-state index in [1.54, 1.807) is 88.6 Å². The van der Waals surface area contributed by atoms with Crippen LogP contribution in [0.3, 0.4) is 0 Å². The van der Waals surface area contributed by atoms with Crippen molar-refractivity contribution in [1.82, 2.24) is 53.8 Å². The van der Waals surface area contributed by atoms with Crippen LogP contribution in [0.2, 0.25) is 0 Å². The van der Waals surface area contributed by atoms with Crippen LogP contribution in [-0.4, -0.2) is 216 Å². The number of thiazole rings is 2. The van der Waals surface area contributed by atoms with Crippen molar-refractivity contribution in [1.29, 1.82) is 0 Å². The van der Waals surface area contributed by atoms with Crippen LogP contribution in [0.25, 0.3) is 43.2 Å². The van der Waals surface area contributed by atoms with E-state index in [9.17, 15) is 63.6 Å². The maximum atomic E-state index is 14.9. The number of aliphatic carboxylic acids is 1. The second-order valence-electron chi connectivity index (χ2n) is 39.4. The Kier molecular flexibility index (Phi) is 32.5. The molecule has 4 saturated carbocycles. The minimum Gasteiger partial charge on any atom is -0.550 e. The fraction of sp³-hybridized carbons (Fsp3) is 0.568. The van der Waals surface area contributed by atoms with Crippen molar-refractivity contribution in [2.75, 3.05) is 27.3 Å². The van der Waals surface area contributed by atoms with E-state index >= 15 is 0 Å². The number of methoxy groups -OCH3 is 2. The zero-order chi connectivity index (χ0) is 98.6. The molecule has 0 unspecified atom stereocenters. The third-order valence-corrected chi connectivity index (χ3v) is 32.3. The van der Waals surface area contributed by atoms with Crippen molar-refractivity contribution in [3.8, 4) is 44.4 Å². The Labute approximate surface area is 820 Å². The summed E-state index contributed by atoms with van der Waals surface area (Å²) in [4.78, 5) is 151. The standard InChI is InChI=1S/C43H57N5O9S2.C43H55N5O9S2.C7H10N2O2S.C2H4O2.Na/c2*1-11-25-18-43(25,40(51)46-59(53,54)26-12-13-26)19-32(49)30-17-35(31-20-47(41(52)57-42(7,8)9)37(23(4)5)39(50)48(30)31)56-34-16-28(38-45-29(21-58-38)22(2)3)44-36-24(6)33(55-10)15-14-27(34)36;1-6-2-4-7(5-3-6)12(10,11)9-8;1-2(3)4;/h14-16,21-23,25-26,30-31,35,37H,11-13,17-20H2,1-10H3,(H,46,51);11,14-16,21-23,25-26,30-31,35,37H,1,12-13,17-20H2,2-10H3,(H,46,51);2-5,9H,8H2,1H3;1H3,(H,3,4);/q;;;;+1/p-1/t2*25-,30+,31-,35-,37-,43-;;;/m11.../s1. The Morgan fingerprint density at radius 3 is 1.30 bits per heavy atom. The molecule has 0 bridgehead atoms. The maximum Gasteiger partial charge on any atom is 1.00 e. The van der Waals surface area contributed by atoms with Crippen LogP contribution in [0.1, 0.15) is 221 Å². The van der Waals surface area contributed by atoms with Gasteiger partial charge in [0.1, 0.15) is 79.9 Å². The Morgan fingerprint density at radius 2 is 0.978 bits per heavy atom. The first-order valence-corrected chi connectivity index (χ1v) is 51.6. The second-order valence-corrected chi connectivity index (χ2v) is 46.7. The van der Waals surface area contributed by atoms with Gasteiger partial charge in [-0.05, 0) is 180 Å². The number of carbonyl (C=O) groups excluding carboxylic acids is 9. The first-order chi connectivity index (χ1) is 62.7. The fourth-order valence-corrected chi connectivity index (χ4v) is 23.4. The number of nitrogens with zero attached hydrogens (tertiary/aromatic N) is 8. The number of hydrogen-bond acceptors (Lipinski definition) is 29. The summed E-state index contributed by atoms with van der Waals surface area (Å²) >= 11 is 2.95. The molecule has 3 aromatic carbocycles. The van der Waals surface area contributed by atoms with Gasteiger partial charge in [-0.1, -0.05) is 92.5 Å². The fourth-order valence-electron chi connectivity index (χ4n) is 18.2. The van der Waals surface area contributed by atoms with Crippen LogP contribution in [0.4, 0.5) is 9.59 Å². The summed E-state index contributed by atoms with van der Waals surface area (Å²) in [5.41, 5.74) is 2.71. The molecular weight excluding hydrogens is 1840 g/mol. The predicted molar refractivity (Wildman–Crippen MR) is 504 cm³/mol. The van der Waals surface area contributed by atoms with Gasteiger partial charge in [0, 0.05) is 89.5 Å². The number of benzene rings is 3. The largest absolute Gasteiger partial charge is 1.00 e. The Bertz CT molecular complexity index is 6060. The summed E-state index contributed by atoms with van der Waals surface area (Å²) in [5.74, 6) is 2.13. The van der Waals surface area contributed by atoms with E-state index in [0.29, 0.717) is 105 Å². The number of hydrazine groups is 1. The molecule has 4 aliphatic carbocycles. The molecule has 4 aliphatic heterocycles. The summed E-state index contributed by atoms with van der Waals surface area (Å²) in [6, 6.07) is 12.0. The molecule has 6 amide bonds. The summed E-state index contributed by atoms with van der Waals surface area (Å²) in [7, 11) is -8.02. The van der Waals surface area contributed by atoms with Gasteiger partial charge in [-0.25, -0.2) is 54.8 Å². The van der Waals surface area contributed by atoms with Crippen molar-refractivity contribution in [3.05, 3.63) is 112 Å². The van der Waals surface area contributed by atoms with Crippen molar-refractivity contribution >= 4 is 128 Å². The number of allylic oxidation sites excluding steroid dienone is 1. The van der Waals surface area contributed by atoms with Crippen molar-refractivity contribution in [2.24, 2.45) is 40.3 Å². The van der Waals surface area contributed by atoms with E-state index in [1.807, 2.05) is 103 Å². The van der Waals surface area contributed by atoms with Gasteiger partial charge in [0.15, 0.2) is 11.6 Å². The van der Waals surface area contributed by atoms with Gasteiger partial charge < -0.3 is 48.1 Å². The number of carbonyl (C=O) groups is 9. The molecule has 4 saturated heterocycles. The first-order valence-electron chi connectivity index (χ1n) is 45.3. The molecule has 5 N–H and O–H groups in total. The average Bonchev–Trinajstić information content (AvgIpc) is 1.58. The molecule has 728 valence electrons. The Hall–Kier alpha value is -9.32. The number of fused-ring (bicyclic) bond motifs is 4. The van der Waals surface area contributed by atoms with Gasteiger partial charge in [0.05, 0.1) is 87.0 Å². The van der Waals surface area contributed by atoms with Crippen molar-refractivity contribution in [2.45, 2.75) is 289 Å². The zero-order valence-corrected chi connectivity index (χ0v) is 86.9. The predicted octanol–water partition coefficient (Wildman–Crippen LogP) is 9.23. The van der Waals surface area contributed by atoms with Crippen molar-refractivity contribution < 1.29 is 131 Å². The second kappa shape index (κ2) is 41.4. The van der Waals surface area contributed by atoms with Crippen LogP contribution < -0.4 is 73.7 Å². The number of hydrogen-bond donors (Lipinski definition) is 4. The Balaban J connectivity index is 0.000000221. The summed E-state index contributed by atoms with van der Waals surface area (Å²) in [6.07, 6.45) is 1.48. The normalized spacial score (nSPS) is 23.6. The number of nitrogens with one attached hydrogen (secondary N) is 3. The number of ketones is 2. The molecule has 12 atom stereocenters. The van der Waals surface area contributed by atoms with Crippen LogP contribution >= 0.6 is 22.7 Å². The number of sulfonamides is 3. The summed E-state index contributed by atoms with van der Waals surface area (Å²) < 4.78 is 115. The van der Waals surface area contributed by atoms with E-state index in [2.05, 4.69) is 43.7 Å². The number of pyridine rings is 2. The molecule has 8 fully saturated rings. The first kappa shape index (κ1) is 106. The number of Topliss-reactive ketones (excluding diaryl/α,β-unsaturated/α-hetero) is 2. The summed E-state index contributed by atoms with van der Waals surface area (Å²) in [6.45, 7) is 38.8. The number of aryl methyl sites for hydroxylation is 3. The van der Waals surface area contributed by atoms with Gasteiger partial charge in [-0.2, -0.15) is 4.83 Å². The number of carboxylic acids is 1. The van der Waals surface area contributed by atoms with Gasteiger partial charge in [0.2, 0.25) is 43.7 Å². The average molecular weight is 1970 g/mol. The molecule has 135 heavy (non-hydrogen) atoms. The van der Waals surface area contributed by atoms with E-state index in [-0.39, 0.29) is 115 Å². The minimum atomic E-state index is -3.88. The number of aromatic nitrogens is 4. The van der Waals surface area contributed by atoms with Crippen LogP contribution in [0.5, 0.6) is 23.0 Å². The molecule has 34 nitrogen and oxygen atoms in total. The van der Waals surface area contributed by atoms with Gasteiger partial charge in [0.25, 0.3) is 10.0 Å². The monoisotopic (exact) mass is 1970 g/mol. The van der Waals surface area contributed by atoms with Crippen LogP contribution in [-0.2, 0) is 73.1 Å². The van der Waals surface area contributed by atoms with Crippen LogP contribution in [0.15, 0.2) is 89.0 Å². The molecular formula is C95H125N12NaO22S5. The van der Waals surface area contributed by atoms with Gasteiger partial charge in [-0.15, -0.1) is 29.3 Å². The molecule has 8 heterocycles. The SMILES string of the molecule is C=C[C@@H]1C[C@]1(CC(=O)[C@@H]1C[C@@H](Oc2cc(-c3nc(C(C)C)cs3)nc3c(C)c(OC)ccc23)[C@H]2CN(C(=O)OC(C)(C)C)[C@H](C(C)C)C(=O)N21)C(=O)NS(=O)(=O)C1CC1.CC(=O)[O-].CC[C@@H]1C[C@]1(CC(=O)[C@@H]1C[C@@H](Oc2cc(-c3nc(C(C)C)cs3)nc3c(C)c(OC)ccc23)[C@H]2CN(C(=O)OC(C)(C)C)[C@H](C(C)C)C(=O)N21)C(=O)NS(=O)(=O)C1CC1.Cc1ccc(S(=O)(=O)NN)cc1.[Na+]. The van der Waals surface area contributed by atoms with Gasteiger partial charge >= 0.3 is 41.7 Å². The Morgan fingerprint density at radius 1 is 0.593 bits per heavy atom. The smallest absolute Gasteiger partial charge is 0.550 e. The van der Waals surface area contributed by atoms with E-state index in [1.165, 1.54) is 44.6 Å². The number of piperazine rings is 2. The van der Waals surface area contributed by atoms with E-state index in [4.69, 9.17) is 64.1 Å². The summed E-state index contributed by atoms with van der Waals surface area (Å²) in [5, 5.41) is 14.5. The number of ether oxygens (including phenoxy) is 6. The quantitative estimate of drug-likeness (QED) is 0.0153. The van der Waals surface area contributed by atoms with Crippen molar-refractivity contribution in [3.63, 3.8) is 0 Å². The third-order valence-electron chi connectivity index (χ3n) is 25.7. The molecule has 15 rings (SSSR count). The van der Waals surface area contributed by atoms with E-state index in [0.717, 1.165) is 35.0 Å². The van der Waals surface area contributed by atoms with E-state index < -0.39 is 165 Å². The topological polar surface area (TPSA) is 461 Å². The maximum absolute atomic E-state index is 14.9. The van der Waals surface area contributed by atoms with Crippen LogP contribution in [0, 0.1) is 55.3 Å². The third kappa shape index (κ3) is 23.3. The molecule has 0 radical (unpaired) electrons. The zero-order valence-electron chi connectivity index (χ0n) is 80.8. The molecule has 8 aliphatic rings. The minimum absolute atomic E-state index is 0. The molecule has 0 spiro atoms. The number of rotatable bonds is 28.